The Morgan fingerprint density at radius 2 is 2.33 bits per heavy atom. The van der Waals surface area contributed by atoms with Crippen LogP contribution in [0.3, 0.4) is 0 Å². The van der Waals surface area contributed by atoms with E-state index in [1.54, 1.807) is 10.9 Å². The van der Waals surface area contributed by atoms with E-state index in [2.05, 4.69) is 5.10 Å². The lowest BCUT2D eigenvalue weighted by molar-refractivity contribution is 0.108. The zero-order valence-corrected chi connectivity index (χ0v) is 7.64. The number of carbonyl (C=O) groups is 1. The van der Waals surface area contributed by atoms with Crippen molar-refractivity contribution in [3.8, 4) is 0 Å². The number of hydrogen-bond acceptors (Lipinski definition) is 2. The molecule has 12 heavy (non-hydrogen) atoms. The van der Waals surface area contributed by atoms with E-state index in [-0.39, 0.29) is 5.15 Å². The molecule has 0 saturated heterocycles. The minimum Gasteiger partial charge on any atom is -0.275 e. The lowest BCUT2D eigenvalue weighted by Gasteiger charge is -1.91. The van der Waals surface area contributed by atoms with Crippen LogP contribution in [0.2, 0.25) is 5.15 Å². The van der Waals surface area contributed by atoms with Gasteiger partial charge >= 0.3 is 0 Å². The van der Waals surface area contributed by atoms with E-state index in [0.717, 1.165) is 12.8 Å². The van der Waals surface area contributed by atoms with Crippen LogP contribution < -0.4 is 0 Å². The molecule has 1 aliphatic rings. The first kappa shape index (κ1) is 8.08. The predicted octanol–water partition coefficient (Wildman–Crippen LogP) is 2.25. The second kappa shape index (κ2) is 2.75. The lowest BCUT2D eigenvalue weighted by Crippen LogP contribution is -1.92. The quantitative estimate of drug-likeness (QED) is 0.694. The molecule has 0 amide bonds. The number of aromatic nitrogens is 2. The van der Waals surface area contributed by atoms with Crippen LogP contribution in [0.5, 0.6) is 0 Å². The molecule has 5 heteroatoms. The van der Waals surface area contributed by atoms with Crippen molar-refractivity contribution in [3.63, 3.8) is 0 Å². The van der Waals surface area contributed by atoms with E-state index in [1.807, 2.05) is 0 Å². The number of rotatable bonds is 2. The molecule has 0 atom stereocenters. The van der Waals surface area contributed by atoms with Gasteiger partial charge in [0, 0.05) is 6.20 Å². The summed E-state index contributed by atoms with van der Waals surface area (Å²) in [7, 11) is 0. The van der Waals surface area contributed by atoms with Crippen LogP contribution in [-0.4, -0.2) is 15.0 Å². The first-order chi connectivity index (χ1) is 5.68. The van der Waals surface area contributed by atoms with Crippen LogP contribution in [-0.2, 0) is 0 Å². The van der Waals surface area contributed by atoms with Gasteiger partial charge in [-0.25, -0.2) is 0 Å². The van der Waals surface area contributed by atoms with Crippen molar-refractivity contribution in [3.05, 3.63) is 16.9 Å². The van der Waals surface area contributed by atoms with Crippen molar-refractivity contribution < 1.29 is 4.79 Å². The third-order valence-corrected chi connectivity index (χ3v) is 2.30. The van der Waals surface area contributed by atoms with Gasteiger partial charge in [0.05, 0.1) is 11.6 Å². The molecule has 3 nitrogen and oxygen atoms in total. The van der Waals surface area contributed by atoms with Gasteiger partial charge in [0.15, 0.2) is 5.15 Å². The van der Waals surface area contributed by atoms with Gasteiger partial charge in [0.1, 0.15) is 0 Å². The third kappa shape index (κ3) is 1.34. The molecule has 0 spiro atoms. The zero-order chi connectivity index (χ0) is 8.72. The smallest absolute Gasteiger partial charge is 0.257 e. The van der Waals surface area contributed by atoms with Crippen molar-refractivity contribution in [1.82, 2.24) is 9.78 Å². The van der Waals surface area contributed by atoms with E-state index in [9.17, 15) is 4.79 Å². The number of halogens is 2. The maximum atomic E-state index is 10.8. The van der Waals surface area contributed by atoms with Crippen molar-refractivity contribution in [2.24, 2.45) is 0 Å². The van der Waals surface area contributed by atoms with Crippen LogP contribution in [0.15, 0.2) is 6.20 Å². The Morgan fingerprint density at radius 1 is 1.67 bits per heavy atom. The minimum absolute atomic E-state index is 0.196. The largest absolute Gasteiger partial charge is 0.275 e. The third-order valence-electron chi connectivity index (χ3n) is 1.82. The normalized spacial score (nSPS) is 16.5. The highest BCUT2D eigenvalue weighted by molar-refractivity contribution is 6.68. The second-order valence-electron chi connectivity index (χ2n) is 2.82. The summed E-state index contributed by atoms with van der Waals surface area (Å²) in [6, 6.07) is 0.423. The predicted molar refractivity (Wildman–Crippen MR) is 45.7 cm³/mol. The molecule has 1 aliphatic carbocycles. The van der Waals surface area contributed by atoms with Crippen molar-refractivity contribution >= 4 is 28.4 Å². The highest BCUT2D eigenvalue weighted by atomic mass is 35.5. The summed E-state index contributed by atoms with van der Waals surface area (Å²) in [6.07, 6.45) is 3.82. The summed E-state index contributed by atoms with van der Waals surface area (Å²) in [5.41, 5.74) is 0.297. The van der Waals surface area contributed by atoms with E-state index in [1.165, 1.54) is 0 Å². The van der Waals surface area contributed by atoms with Crippen LogP contribution in [0.25, 0.3) is 0 Å². The van der Waals surface area contributed by atoms with E-state index in [4.69, 9.17) is 23.2 Å². The SMILES string of the molecule is O=C(Cl)c1cn(C2CC2)nc1Cl. The Labute approximate surface area is 79.3 Å². The second-order valence-corrected chi connectivity index (χ2v) is 3.52. The number of nitrogens with zero attached hydrogens (tertiary/aromatic N) is 2. The van der Waals surface area contributed by atoms with Gasteiger partial charge in [-0.2, -0.15) is 5.10 Å². The first-order valence-electron chi connectivity index (χ1n) is 3.63. The first-order valence-corrected chi connectivity index (χ1v) is 4.38. The molecule has 1 aromatic heterocycles. The molecular weight excluding hydrogens is 199 g/mol. The Morgan fingerprint density at radius 3 is 2.75 bits per heavy atom. The Bertz CT molecular complexity index is 330. The topological polar surface area (TPSA) is 34.9 Å². The van der Waals surface area contributed by atoms with Gasteiger partial charge in [-0.1, -0.05) is 11.6 Å². The standard InChI is InChI=1S/C7H6Cl2N2O/c8-6-5(7(9)12)3-11(10-6)4-1-2-4/h3-4H,1-2H2. The molecule has 0 aromatic carbocycles. The maximum absolute atomic E-state index is 10.8. The maximum Gasteiger partial charge on any atom is 0.257 e. The van der Waals surface area contributed by atoms with Crippen LogP contribution in [0.4, 0.5) is 0 Å². The molecule has 1 fully saturated rings. The monoisotopic (exact) mass is 204 g/mol. The molecule has 0 aliphatic heterocycles. The minimum atomic E-state index is -0.549. The van der Waals surface area contributed by atoms with Gasteiger partial charge in [-0.05, 0) is 24.4 Å². The van der Waals surface area contributed by atoms with Gasteiger partial charge < -0.3 is 0 Å². The van der Waals surface area contributed by atoms with Crippen molar-refractivity contribution in [2.45, 2.75) is 18.9 Å². The highest BCUT2D eigenvalue weighted by Crippen LogP contribution is 2.35. The average molecular weight is 205 g/mol. The summed E-state index contributed by atoms with van der Waals surface area (Å²) in [5.74, 6) is 0. The fraction of sp³-hybridized carbons (Fsp3) is 0.429. The molecule has 0 unspecified atom stereocenters. The van der Waals surface area contributed by atoms with Crippen molar-refractivity contribution in [1.29, 1.82) is 0 Å². The van der Waals surface area contributed by atoms with Crippen LogP contribution in [0, 0.1) is 0 Å². The van der Waals surface area contributed by atoms with E-state index >= 15 is 0 Å². The fourth-order valence-corrected chi connectivity index (χ4v) is 1.44. The molecule has 1 saturated carbocycles. The molecule has 0 N–H and O–H groups in total. The summed E-state index contributed by atoms with van der Waals surface area (Å²) >= 11 is 10.9. The fourth-order valence-electron chi connectivity index (χ4n) is 1.03. The summed E-state index contributed by atoms with van der Waals surface area (Å²) in [5, 5.41) is 3.62. The molecule has 1 aromatic rings. The van der Waals surface area contributed by atoms with E-state index in [0.29, 0.717) is 11.6 Å². The van der Waals surface area contributed by atoms with Crippen LogP contribution >= 0.6 is 23.2 Å². The molecule has 1 heterocycles. The summed E-state index contributed by atoms with van der Waals surface area (Å²) < 4.78 is 1.71. The van der Waals surface area contributed by atoms with Crippen molar-refractivity contribution in [2.75, 3.05) is 0 Å². The zero-order valence-electron chi connectivity index (χ0n) is 6.13. The molecule has 0 bridgehead atoms. The highest BCUT2D eigenvalue weighted by Gasteiger charge is 2.26. The molecule has 2 rings (SSSR count). The van der Waals surface area contributed by atoms with Crippen LogP contribution in [0.1, 0.15) is 29.2 Å². The lowest BCUT2D eigenvalue weighted by atomic mass is 10.4. The number of hydrogen-bond donors (Lipinski definition) is 0. The van der Waals surface area contributed by atoms with E-state index < -0.39 is 5.24 Å². The Balaban J connectivity index is 2.36. The Hall–Kier alpha value is -0.540. The van der Waals surface area contributed by atoms with Gasteiger partial charge in [0.2, 0.25) is 0 Å². The van der Waals surface area contributed by atoms with Gasteiger partial charge in [-0.15, -0.1) is 0 Å². The Kier molecular flexibility index (Phi) is 1.85. The molecule has 0 radical (unpaired) electrons. The van der Waals surface area contributed by atoms with Gasteiger partial charge in [0.25, 0.3) is 5.24 Å². The number of carbonyl (C=O) groups excluding carboxylic acids is 1. The van der Waals surface area contributed by atoms with Gasteiger partial charge in [-0.3, -0.25) is 9.48 Å². The molecule has 64 valence electrons. The summed E-state index contributed by atoms with van der Waals surface area (Å²) in [6.45, 7) is 0. The average Bonchev–Trinajstić information content (AvgIpc) is 2.75. The summed E-state index contributed by atoms with van der Waals surface area (Å²) in [4.78, 5) is 10.8. The molecular formula is C7H6Cl2N2O.